The maximum Gasteiger partial charge on any atom is 0.240 e. The van der Waals surface area contributed by atoms with Gasteiger partial charge in [0.2, 0.25) is 11.8 Å². The molecule has 3 aromatic rings. The Morgan fingerprint density at radius 2 is 1.50 bits per heavy atom. The molecule has 0 N–H and O–H groups in total. The second-order valence-electron chi connectivity index (χ2n) is 8.08. The minimum Gasteiger partial charge on any atom is -0.497 e. The molecule has 7 rings (SSSR count). The summed E-state index contributed by atoms with van der Waals surface area (Å²) in [4.78, 5) is 27.7. The van der Waals surface area contributed by atoms with Gasteiger partial charge in [-0.2, -0.15) is 0 Å². The first-order chi connectivity index (χ1) is 14.6. The van der Waals surface area contributed by atoms with Crippen LogP contribution in [0.2, 0.25) is 0 Å². The number of alkyl halides is 1. The number of carbonyl (C=O) groups excluding carboxylic acids is 2. The molecule has 0 aromatic heterocycles. The maximum atomic E-state index is 13.7. The first kappa shape index (κ1) is 17.7. The molecule has 3 aromatic carbocycles. The van der Waals surface area contributed by atoms with Crippen LogP contribution in [-0.2, 0) is 14.5 Å². The predicted octanol–water partition coefficient (Wildman–Crippen LogP) is 4.44. The lowest BCUT2D eigenvalue weighted by molar-refractivity contribution is -0.122. The minimum atomic E-state index is -1.06. The number of ether oxygens (including phenoxy) is 1. The normalized spacial score (nSPS) is 28.2. The fourth-order valence-electron chi connectivity index (χ4n) is 5.68. The number of imide groups is 1. The van der Waals surface area contributed by atoms with Crippen LogP contribution >= 0.6 is 11.6 Å². The minimum absolute atomic E-state index is 0.185. The topological polar surface area (TPSA) is 46.6 Å². The van der Waals surface area contributed by atoms with E-state index in [2.05, 4.69) is 0 Å². The quantitative estimate of drug-likeness (QED) is 0.459. The smallest absolute Gasteiger partial charge is 0.240 e. The Hall–Kier alpha value is -3.11. The molecule has 0 unspecified atom stereocenters. The van der Waals surface area contributed by atoms with E-state index in [-0.39, 0.29) is 17.7 Å². The standard InChI is InChI=1S/C25H18ClNO3/c1-30-15-8-6-7-14(13-15)27-23(28)21-20-16-9-2-4-11-18(16)25(26,22(21)24(27)29)19-12-5-3-10-17(19)20/h2-13,20-22H,1H3/t20?,21-,22+,25?/m0/s1. The van der Waals surface area contributed by atoms with Crippen molar-refractivity contribution in [3.63, 3.8) is 0 Å². The fraction of sp³-hybridized carbons (Fsp3) is 0.200. The van der Waals surface area contributed by atoms with Gasteiger partial charge in [0, 0.05) is 12.0 Å². The number of carbonyl (C=O) groups is 2. The van der Waals surface area contributed by atoms with Crippen LogP contribution < -0.4 is 9.64 Å². The number of halogens is 1. The lowest BCUT2D eigenvalue weighted by Gasteiger charge is -2.50. The van der Waals surface area contributed by atoms with Gasteiger partial charge in [0.05, 0.1) is 24.6 Å². The number of hydrogen-bond acceptors (Lipinski definition) is 3. The highest BCUT2D eigenvalue weighted by Gasteiger charge is 2.67. The summed E-state index contributed by atoms with van der Waals surface area (Å²) in [5, 5.41) is 0. The van der Waals surface area contributed by atoms with Crippen LogP contribution in [0.5, 0.6) is 5.75 Å². The number of hydrogen-bond donors (Lipinski definition) is 0. The summed E-state index contributed by atoms with van der Waals surface area (Å²) in [6.45, 7) is 0. The van der Waals surface area contributed by atoms with Crippen LogP contribution in [-0.4, -0.2) is 18.9 Å². The summed E-state index contributed by atoms with van der Waals surface area (Å²) in [5.74, 6) is -1.20. The molecular weight excluding hydrogens is 398 g/mol. The molecule has 4 nitrogen and oxygen atoms in total. The molecule has 2 bridgehead atoms. The molecule has 2 amide bonds. The Morgan fingerprint density at radius 1 is 0.867 bits per heavy atom. The van der Waals surface area contributed by atoms with Gasteiger partial charge in [-0.25, -0.2) is 4.90 Å². The third-order valence-electron chi connectivity index (χ3n) is 6.83. The van der Waals surface area contributed by atoms with E-state index in [9.17, 15) is 9.59 Å². The van der Waals surface area contributed by atoms with Gasteiger partial charge < -0.3 is 4.74 Å². The molecule has 3 aliphatic carbocycles. The van der Waals surface area contributed by atoms with Gasteiger partial charge in [-0.3, -0.25) is 9.59 Å². The lowest BCUT2D eigenvalue weighted by Crippen LogP contribution is -2.50. The van der Waals surface area contributed by atoms with E-state index in [1.54, 1.807) is 31.4 Å². The van der Waals surface area contributed by atoms with Crippen molar-refractivity contribution in [2.75, 3.05) is 12.0 Å². The molecule has 1 heterocycles. The number of methoxy groups -OCH3 is 1. The Morgan fingerprint density at radius 3 is 2.13 bits per heavy atom. The van der Waals surface area contributed by atoms with Crippen molar-refractivity contribution in [1.82, 2.24) is 0 Å². The van der Waals surface area contributed by atoms with Crippen molar-refractivity contribution < 1.29 is 14.3 Å². The zero-order chi connectivity index (χ0) is 20.6. The fourth-order valence-corrected chi connectivity index (χ4v) is 6.26. The van der Waals surface area contributed by atoms with E-state index in [0.717, 1.165) is 22.3 Å². The third-order valence-corrected chi connectivity index (χ3v) is 7.47. The van der Waals surface area contributed by atoms with Crippen molar-refractivity contribution in [1.29, 1.82) is 0 Å². The summed E-state index contributed by atoms with van der Waals surface area (Å²) in [7, 11) is 1.56. The summed E-state index contributed by atoms with van der Waals surface area (Å²) in [6, 6.07) is 23.0. The van der Waals surface area contributed by atoms with Crippen molar-refractivity contribution in [3.8, 4) is 5.75 Å². The molecule has 30 heavy (non-hydrogen) atoms. The van der Waals surface area contributed by atoms with Crippen LogP contribution in [0.25, 0.3) is 0 Å². The number of anilines is 1. The predicted molar refractivity (Wildman–Crippen MR) is 114 cm³/mol. The molecule has 0 spiro atoms. The zero-order valence-corrected chi connectivity index (χ0v) is 17.0. The molecule has 0 radical (unpaired) electrons. The Labute approximate surface area is 179 Å². The van der Waals surface area contributed by atoms with Gasteiger partial charge in [0.15, 0.2) is 0 Å². The molecule has 1 aliphatic heterocycles. The molecule has 1 saturated heterocycles. The highest BCUT2D eigenvalue weighted by molar-refractivity contribution is 6.33. The average Bonchev–Trinajstić information content (AvgIpc) is 3.06. The SMILES string of the molecule is COc1cccc(N2C(=O)[C@H]3C4c5ccccc5C(Cl)(c5ccccc54)[C@H]3C2=O)c1. The van der Waals surface area contributed by atoms with Crippen LogP contribution in [0.1, 0.15) is 28.2 Å². The number of amides is 2. The van der Waals surface area contributed by atoms with Crippen LogP contribution in [0, 0.1) is 11.8 Å². The van der Waals surface area contributed by atoms with Crippen molar-refractivity contribution in [3.05, 3.63) is 95.1 Å². The monoisotopic (exact) mass is 415 g/mol. The molecule has 148 valence electrons. The lowest BCUT2D eigenvalue weighted by atomic mass is 9.54. The molecule has 1 fully saturated rings. The van der Waals surface area contributed by atoms with Crippen LogP contribution in [0.3, 0.4) is 0 Å². The number of benzene rings is 3. The molecular formula is C25H18ClNO3. The largest absolute Gasteiger partial charge is 0.497 e. The van der Waals surface area contributed by atoms with Gasteiger partial charge in [-0.15, -0.1) is 11.6 Å². The summed E-state index contributed by atoms with van der Waals surface area (Å²) < 4.78 is 5.30. The number of rotatable bonds is 2. The van der Waals surface area contributed by atoms with Gasteiger partial charge in [-0.1, -0.05) is 54.6 Å². The molecule has 4 aliphatic rings. The number of nitrogens with zero attached hydrogens (tertiary/aromatic N) is 1. The molecule has 0 saturated carbocycles. The van der Waals surface area contributed by atoms with E-state index in [1.807, 2.05) is 48.5 Å². The Kier molecular flexibility index (Phi) is 3.52. The highest BCUT2D eigenvalue weighted by atomic mass is 35.5. The van der Waals surface area contributed by atoms with E-state index in [1.165, 1.54) is 4.90 Å². The second kappa shape index (κ2) is 5.96. The van der Waals surface area contributed by atoms with E-state index in [4.69, 9.17) is 16.3 Å². The van der Waals surface area contributed by atoms with Crippen LogP contribution in [0.4, 0.5) is 5.69 Å². The Balaban J connectivity index is 1.60. The summed E-state index contributed by atoms with van der Waals surface area (Å²) >= 11 is 7.41. The first-order valence-electron chi connectivity index (χ1n) is 9.97. The Bertz CT molecular complexity index is 1190. The highest BCUT2D eigenvalue weighted by Crippen LogP contribution is 2.65. The first-order valence-corrected chi connectivity index (χ1v) is 10.3. The van der Waals surface area contributed by atoms with Gasteiger partial charge in [0.25, 0.3) is 0 Å². The maximum absolute atomic E-state index is 13.7. The van der Waals surface area contributed by atoms with E-state index in [0.29, 0.717) is 11.4 Å². The van der Waals surface area contributed by atoms with Gasteiger partial charge >= 0.3 is 0 Å². The van der Waals surface area contributed by atoms with Crippen molar-refractivity contribution in [2.24, 2.45) is 11.8 Å². The van der Waals surface area contributed by atoms with Crippen molar-refractivity contribution in [2.45, 2.75) is 10.8 Å². The van der Waals surface area contributed by atoms with E-state index < -0.39 is 16.7 Å². The average molecular weight is 416 g/mol. The van der Waals surface area contributed by atoms with E-state index >= 15 is 0 Å². The van der Waals surface area contributed by atoms with Gasteiger partial charge in [0.1, 0.15) is 10.6 Å². The van der Waals surface area contributed by atoms with Crippen molar-refractivity contribution >= 4 is 29.1 Å². The summed E-state index contributed by atoms with van der Waals surface area (Å²) in [5.41, 5.74) is 4.48. The summed E-state index contributed by atoms with van der Waals surface area (Å²) in [6.07, 6.45) is 0. The zero-order valence-electron chi connectivity index (χ0n) is 16.2. The third kappa shape index (κ3) is 1.97. The van der Waals surface area contributed by atoms with Gasteiger partial charge in [-0.05, 0) is 34.4 Å². The second-order valence-corrected chi connectivity index (χ2v) is 8.68. The molecule has 5 heteroatoms. The van der Waals surface area contributed by atoms with Crippen LogP contribution in [0.15, 0.2) is 72.8 Å². The molecule has 2 atom stereocenters.